The standard InChI is InChI=1S/C17H20N6O2S2/c1-10(2)15-20-21-16(27-15)18-13(24)8-9-23-14(19-22-17(23)26)11-4-6-12(25-3)7-5-11/h4-7,10H,8-9H2,1-3H3,(H,22,26)(H,18,21,24). The van der Waals surface area contributed by atoms with Crippen LogP contribution < -0.4 is 10.1 Å². The monoisotopic (exact) mass is 404 g/mol. The van der Waals surface area contributed by atoms with Crippen LogP contribution in [0, 0.1) is 4.77 Å². The molecule has 2 N–H and O–H groups in total. The van der Waals surface area contributed by atoms with Gasteiger partial charge in [-0.05, 0) is 36.5 Å². The van der Waals surface area contributed by atoms with E-state index >= 15 is 0 Å². The third-order valence-electron chi connectivity index (χ3n) is 3.85. The Labute approximate surface area is 165 Å². The molecule has 0 spiro atoms. The van der Waals surface area contributed by atoms with E-state index in [9.17, 15) is 4.79 Å². The van der Waals surface area contributed by atoms with Crippen molar-refractivity contribution in [1.29, 1.82) is 0 Å². The van der Waals surface area contributed by atoms with Crippen molar-refractivity contribution < 1.29 is 9.53 Å². The molecule has 0 saturated heterocycles. The summed E-state index contributed by atoms with van der Waals surface area (Å²) < 4.78 is 7.44. The van der Waals surface area contributed by atoms with Gasteiger partial charge in [0.05, 0.1) is 7.11 Å². The molecule has 0 radical (unpaired) electrons. The van der Waals surface area contributed by atoms with Crippen molar-refractivity contribution in [3.05, 3.63) is 34.0 Å². The second-order valence-corrected chi connectivity index (χ2v) is 7.53. The number of H-pyrrole nitrogens is 1. The number of benzene rings is 1. The van der Waals surface area contributed by atoms with Crippen LogP contribution in [-0.4, -0.2) is 38.0 Å². The number of nitrogens with zero attached hydrogens (tertiary/aromatic N) is 4. The maximum atomic E-state index is 12.3. The van der Waals surface area contributed by atoms with Crippen LogP contribution in [0.2, 0.25) is 0 Å². The molecule has 27 heavy (non-hydrogen) atoms. The lowest BCUT2D eigenvalue weighted by Crippen LogP contribution is -2.15. The molecule has 3 rings (SSSR count). The molecule has 2 aromatic heterocycles. The minimum Gasteiger partial charge on any atom is -0.497 e. The van der Waals surface area contributed by atoms with E-state index in [0.29, 0.717) is 22.3 Å². The largest absolute Gasteiger partial charge is 0.497 e. The quantitative estimate of drug-likeness (QED) is 0.584. The Morgan fingerprint density at radius 3 is 2.70 bits per heavy atom. The van der Waals surface area contributed by atoms with Crippen molar-refractivity contribution in [3.63, 3.8) is 0 Å². The second kappa shape index (κ2) is 8.40. The van der Waals surface area contributed by atoms with Crippen LogP contribution in [0.3, 0.4) is 0 Å². The summed E-state index contributed by atoms with van der Waals surface area (Å²) in [6.07, 6.45) is 0.244. The van der Waals surface area contributed by atoms with Gasteiger partial charge in [0.25, 0.3) is 0 Å². The van der Waals surface area contributed by atoms with Gasteiger partial charge in [-0.2, -0.15) is 5.10 Å². The van der Waals surface area contributed by atoms with Crippen molar-refractivity contribution in [2.45, 2.75) is 32.7 Å². The summed E-state index contributed by atoms with van der Waals surface area (Å²) in [4.78, 5) is 12.3. The van der Waals surface area contributed by atoms with Gasteiger partial charge < -0.3 is 10.1 Å². The third-order valence-corrected chi connectivity index (χ3v) is 5.30. The van der Waals surface area contributed by atoms with Gasteiger partial charge in [0.15, 0.2) is 10.6 Å². The number of aromatic amines is 1. The van der Waals surface area contributed by atoms with Crippen molar-refractivity contribution in [2.75, 3.05) is 12.4 Å². The van der Waals surface area contributed by atoms with E-state index in [2.05, 4.69) is 25.7 Å². The lowest BCUT2D eigenvalue weighted by Gasteiger charge is -2.07. The number of carbonyl (C=O) groups is 1. The molecule has 0 aliphatic rings. The van der Waals surface area contributed by atoms with Crippen molar-refractivity contribution in [3.8, 4) is 17.1 Å². The van der Waals surface area contributed by atoms with Gasteiger partial charge in [-0.1, -0.05) is 25.2 Å². The summed E-state index contributed by atoms with van der Waals surface area (Å²) in [5.74, 6) is 1.57. The predicted octanol–water partition coefficient (Wildman–Crippen LogP) is 3.62. The summed E-state index contributed by atoms with van der Waals surface area (Å²) in [5, 5.41) is 19.3. The van der Waals surface area contributed by atoms with Crippen LogP contribution in [0.25, 0.3) is 11.4 Å². The maximum absolute atomic E-state index is 12.3. The Bertz CT molecular complexity index is 974. The highest BCUT2D eigenvalue weighted by molar-refractivity contribution is 7.71. The van der Waals surface area contributed by atoms with Crippen molar-refractivity contribution >= 4 is 34.6 Å². The Hall–Kier alpha value is -2.59. The average Bonchev–Trinajstić information content (AvgIpc) is 3.27. The minimum absolute atomic E-state index is 0.148. The molecule has 8 nitrogen and oxygen atoms in total. The zero-order valence-electron chi connectivity index (χ0n) is 15.2. The molecule has 0 aliphatic heterocycles. The first kappa shape index (κ1) is 19.2. The lowest BCUT2D eigenvalue weighted by molar-refractivity contribution is -0.116. The molecule has 0 unspecified atom stereocenters. The second-order valence-electron chi connectivity index (χ2n) is 6.13. The van der Waals surface area contributed by atoms with E-state index in [1.165, 1.54) is 11.3 Å². The maximum Gasteiger partial charge on any atom is 0.227 e. The number of anilines is 1. The lowest BCUT2D eigenvalue weighted by atomic mass is 10.2. The first-order valence-electron chi connectivity index (χ1n) is 8.41. The summed E-state index contributed by atoms with van der Waals surface area (Å²) in [7, 11) is 1.62. The summed E-state index contributed by atoms with van der Waals surface area (Å²) in [5.41, 5.74) is 0.884. The van der Waals surface area contributed by atoms with E-state index in [4.69, 9.17) is 17.0 Å². The normalized spacial score (nSPS) is 11.0. The number of hydrogen-bond acceptors (Lipinski definition) is 7. The number of carbonyl (C=O) groups excluding carboxylic acids is 1. The fourth-order valence-corrected chi connectivity index (χ4v) is 3.38. The Balaban J connectivity index is 1.67. The smallest absolute Gasteiger partial charge is 0.227 e. The van der Waals surface area contributed by atoms with Gasteiger partial charge in [-0.15, -0.1) is 10.2 Å². The first-order valence-corrected chi connectivity index (χ1v) is 9.63. The van der Waals surface area contributed by atoms with E-state index < -0.39 is 0 Å². The zero-order valence-corrected chi connectivity index (χ0v) is 16.9. The molecule has 2 heterocycles. The summed E-state index contributed by atoms with van der Waals surface area (Å²) in [6, 6.07) is 7.50. The van der Waals surface area contributed by atoms with Crippen molar-refractivity contribution in [1.82, 2.24) is 25.0 Å². The van der Waals surface area contributed by atoms with Crippen LogP contribution in [0.4, 0.5) is 5.13 Å². The molecular formula is C17H20N6O2S2. The molecule has 1 aromatic carbocycles. The van der Waals surface area contributed by atoms with Gasteiger partial charge in [0, 0.05) is 24.4 Å². The molecule has 0 aliphatic carbocycles. The van der Waals surface area contributed by atoms with Crippen LogP contribution >= 0.6 is 23.6 Å². The average molecular weight is 405 g/mol. The Kier molecular flexibility index (Phi) is 5.97. The number of hydrogen-bond donors (Lipinski definition) is 2. The van der Waals surface area contributed by atoms with Crippen LogP contribution in [0.15, 0.2) is 24.3 Å². The summed E-state index contributed by atoms with van der Waals surface area (Å²) in [6.45, 7) is 4.47. The fourth-order valence-electron chi connectivity index (χ4n) is 2.40. The van der Waals surface area contributed by atoms with Crippen LogP contribution in [0.5, 0.6) is 5.75 Å². The molecule has 142 valence electrons. The number of aromatic nitrogens is 5. The highest BCUT2D eigenvalue weighted by atomic mass is 32.1. The third kappa shape index (κ3) is 4.58. The Morgan fingerprint density at radius 2 is 2.07 bits per heavy atom. The van der Waals surface area contributed by atoms with Crippen LogP contribution in [0.1, 0.15) is 31.2 Å². The fraction of sp³-hybridized carbons (Fsp3) is 0.353. The number of ether oxygens (including phenoxy) is 1. The van der Waals surface area contributed by atoms with Crippen LogP contribution in [-0.2, 0) is 11.3 Å². The summed E-state index contributed by atoms with van der Waals surface area (Å²) >= 11 is 6.69. The van der Waals surface area contributed by atoms with E-state index in [0.717, 1.165) is 16.3 Å². The Morgan fingerprint density at radius 1 is 1.33 bits per heavy atom. The van der Waals surface area contributed by atoms with E-state index in [1.54, 1.807) is 11.7 Å². The first-order chi connectivity index (χ1) is 13.0. The molecule has 3 aromatic rings. The number of methoxy groups -OCH3 is 1. The highest BCUT2D eigenvalue weighted by Crippen LogP contribution is 2.23. The molecule has 0 bridgehead atoms. The number of amides is 1. The number of nitrogens with one attached hydrogen (secondary N) is 2. The predicted molar refractivity (Wildman–Crippen MR) is 107 cm³/mol. The number of rotatable bonds is 7. The van der Waals surface area contributed by atoms with E-state index in [1.807, 2.05) is 38.1 Å². The SMILES string of the molecule is COc1ccc(-c2n[nH]c(=S)n2CCC(=O)Nc2nnc(C(C)C)s2)cc1. The minimum atomic E-state index is -0.148. The topological polar surface area (TPSA) is 97.7 Å². The van der Waals surface area contributed by atoms with Gasteiger partial charge in [0.1, 0.15) is 10.8 Å². The molecule has 0 fully saturated rings. The molecule has 10 heteroatoms. The van der Waals surface area contributed by atoms with Gasteiger partial charge in [-0.25, -0.2) is 0 Å². The molecule has 0 saturated carbocycles. The molecule has 1 amide bonds. The zero-order chi connectivity index (χ0) is 19.4. The highest BCUT2D eigenvalue weighted by Gasteiger charge is 2.13. The van der Waals surface area contributed by atoms with Crippen molar-refractivity contribution in [2.24, 2.45) is 0 Å². The van der Waals surface area contributed by atoms with Gasteiger partial charge >= 0.3 is 0 Å². The van der Waals surface area contributed by atoms with E-state index in [-0.39, 0.29) is 18.2 Å². The van der Waals surface area contributed by atoms with Gasteiger partial charge in [-0.3, -0.25) is 14.5 Å². The van der Waals surface area contributed by atoms with Gasteiger partial charge in [0.2, 0.25) is 11.0 Å². The molecule has 0 atom stereocenters. The molecular weight excluding hydrogens is 384 g/mol.